The van der Waals surface area contributed by atoms with Crippen LogP contribution in [-0.4, -0.2) is 48.3 Å². The van der Waals surface area contributed by atoms with Gasteiger partial charge in [-0.1, -0.05) is 41.9 Å². The Hall–Kier alpha value is -3.97. The molecule has 1 amide bonds. The number of hydrogen-bond donors (Lipinski definition) is 2. The first-order chi connectivity index (χ1) is 18.9. The summed E-state index contributed by atoms with van der Waals surface area (Å²) in [5.74, 6) is 1.50. The highest BCUT2D eigenvalue weighted by Gasteiger charge is 2.24. The van der Waals surface area contributed by atoms with E-state index in [0.29, 0.717) is 40.1 Å². The van der Waals surface area contributed by atoms with E-state index >= 15 is 0 Å². The highest BCUT2D eigenvalue weighted by Crippen LogP contribution is 2.28. The number of para-hydroxylation sites is 1. The summed E-state index contributed by atoms with van der Waals surface area (Å²) in [6, 6.07) is 22.0. The quantitative estimate of drug-likeness (QED) is 0.267. The number of hydrogen-bond acceptors (Lipinski definition) is 6. The Morgan fingerprint density at radius 3 is 2.26 bits per heavy atom. The van der Waals surface area contributed by atoms with Crippen LogP contribution in [0.3, 0.4) is 0 Å². The average Bonchev–Trinajstić information content (AvgIpc) is 2.96. The van der Waals surface area contributed by atoms with E-state index in [1.165, 1.54) is 0 Å². The molecule has 7 nitrogen and oxygen atoms in total. The van der Waals surface area contributed by atoms with Crippen LogP contribution in [0.15, 0.2) is 72.8 Å². The number of nitrogens with one attached hydrogen (secondary N) is 2. The first-order valence-electron chi connectivity index (χ1n) is 13.3. The summed E-state index contributed by atoms with van der Waals surface area (Å²) < 4.78 is 0. The van der Waals surface area contributed by atoms with E-state index < -0.39 is 0 Å². The number of carbonyl (C=O) groups is 2. The lowest BCUT2D eigenvalue weighted by Crippen LogP contribution is -2.34. The number of halogens is 1. The van der Waals surface area contributed by atoms with Gasteiger partial charge in [-0.15, -0.1) is 0 Å². The number of benzene rings is 3. The first-order valence-corrected chi connectivity index (χ1v) is 13.6. The number of anilines is 2. The third-order valence-electron chi connectivity index (χ3n) is 7.26. The first kappa shape index (κ1) is 26.6. The van der Waals surface area contributed by atoms with E-state index in [1.807, 2.05) is 43.3 Å². The van der Waals surface area contributed by atoms with E-state index in [4.69, 9.17) is 21.6 Å². The number of carbonyl (C=O) groups excluding carboxylic acids is 2. The van der Waals surface area contributed by atoms with Gasteiger partial charge in [0.2, 0.25) is 5.95 Å². The minimum absolute atomic E-state index is 0.197. The Morgan fingerprint density at radius 2 is 1.54 bits per heavy atom. The van der Waals surface area contributed by atoms with Gasteiger partial charge in [0.15, 0.2) is 5.78 Å². The molecule has 1 fully saturated rings. The molecule has 0 aliphatic heterocycles. The topological polar surface area (TPSA) is 87.2 Å². The van der Waals surface area contributed by atoms with Crippen molar-refractivity contribution >= 4 is 46.0 Å². The maximum atomic E-state index is 13.1. The molecule has 39 heavy (non-hydrogen) atoms. The molecule has 3 aromatic carbocycles. The molecule has 4 aromatic rings. The van der Waals surface area contributed by atoms with Crippen LogP contribution in [0.1, 0.15) is 52.0 Å². The minimum atomic E-state index is -0.228. The molecule has 0 radical (unpaired) electrons. The number of rotatable bonds is 8. The van der Waals surface area contributed by atoms with Crippen molar-refractivity contribution in [3.63, 3.8) is 0 Å². The third-order valence-corrected chi connectivity index (χ3v) is 7.51. The molecular formula is C31H32ClN5O2. The molecule has 1 aliphatic carbocycles. The normalized spacial score (nSPS) is 17.0. The van der Waals surface area contributed by atoms with Gasteiger partial charge in [0.25, 0.3) is 5.91 Å². The van der Waals surface area contributed by atoms with Gasteiger partial charge >= 0.3 is 0 Å². The number of fused-ring (bicyclic) bond motifs is 1. The van der Waals surface area contributed by atoms with Crippen molar-refractivity contribution in [1.82, 2.24) is 15.3 Å². The Bertz CT molecular complexity index is 1480. The number of ketones is 1. The van der Waals surface area contributed by atoms with Crippen LogP contribution < -0.4 is 15.5 Å². The number of amides is 1. The molecule has 1 heterocycles. The highest BCUT2D eigenvalue weighted by molar-refractivity contribution is 6.30. The Balaban J connectivity index is 1.17. The molecule has 5 rings (SSSR count). The van der Waals surface area contributed by atoms with Crippen molar-refractivity contribution in [1.29, 1.82) is 0 Å². The fourth-order valence-corrected chi connectivity index (χ4v) is 5.25. The molecule has 0 atom stereocenters. The minimum Gasteiger partial charge on any atom is -0.362 e. The molecule has 200 valence electrons. The van der Waals surface area contributed by atoms with Crippen LogP contribution in [-0.2, 0) is 0 Å². The van der Waals surface area contributed by atoms with Crippen LogP contribution in [0.5, 0.6) is 0 Å². The Morgan fingerprint density at radius 1 is 0.872 bits per heavy atom. The molecule has 8 heteroatoms. The third kappa shape index (κ3) is 6.20. The van der Waals surface area contributed by atoms with Crippen molar-refractivity contribution < 1.29 is 9.59 Å². The van der Waals surface area contributed by atoms with Crippen molar-refractivity contribution in [2.45, 2.75) is 31.7 Å². The van der Waals surface area contributed by atoms with Gasteiger partial charge in [0, 0.05) is 48.2 Å². The zero-order valence-electron chi connectivity index (χ0n) is 22.2. The summed E-state index contributed by atoms with van der Waals surface area (Å²) in [6.45, 7) is 0.576. The summed E-state index contributed by atoms with van der Waals surface area (Å²) in [6.07, 6.45) is 3.91. The van der Waals surface area contributed by atoms with Crippen molar-refractivity contribution in [3.8, 4) is 0 Å². The van der Waals surface area contributed by atoms with Crippen molar-refractivity contribution in [3.05, 3.63) is 94.5 Å². The SMILES string of the molecule is CN(C)c1nc(NC2CCC(CNC(=O)c3ccccc3C(=O)c3ccc(Cl)cc3)CC2)nc2ccccc12. The summed E-state index contributed by atoms with van der Waals surface area (Å²) in [4.78, 5) is 37.7. The molecule has 0 bridgehead atoms. The van der Waals surface area contributed by atoms with Gasteiger partial charge < -0.3 is 15.5 Å². The largest absolute Gasteiger partial charge is 0.362 e. The van der Waals surface area contributed by atoms with E-state index in [-0.39, 0.29) is 17.7 Å². The second kappa shape index (κ2) is 11.8. The van der Waals surface area contributed by atoms with Crippen LogP contribution in [0.25, 0.3) is 10.9 Å². The molecule has 1 saturated carbocycles. The summed E-state index contributed by atoms with van der Waals surface area (Å²) in [7, 11) is 3.98. The lowest BCUT2D eigenvalue weighted by Gasteiger charge is -2.29. The van der Waals surface area contributed by atoms with Gasteiger partial charge in [0.1, 0.15) is 5.82 Å². The van der Waals surface area contributed by atoms with Gasteiger partial charge in [-0.05, 0) is 74.1 Å². The molecule has 0 saturated heterocycles. The van der Waals surface area contributed by atoms with Crippen molar-refractivity contribution in [2.24, 2.45) is 5.92 Å². The van der Waals surface area contributed by atoms with Gasteiger partial charge in [0.05, 0.1) is 11.1 Å². The van der Waals surface area contributed by atoms with Gasteiger partial charge in [-0.3, -0.25) is 9.59 Å². The standard InChI is InChI=1S/C31H32ClN5O2/c1-37(2)29-26-9-5-6-10-27(26)35-31(36-29)34-23-17-11-20(12-18-23)19-33-30(39)25-8-4-3-7-24(25)28(38)21-13-15-22(32)16-14-21/h3-10,13-16,20,23H,11-12,17-19H2,1-2H3,(H,33,39)(H,34,35,36). The monoisotopic (exact) mass is 541 g/mol. The maximum Gasteiger partial charge on any atom is 0.252 e. The molecular weight excluding hydrogens is 510 g/mol. The van der Waals surface area contributed by atoms with Crippen LogP contribution >= 0.6 is 11.6 Å². The van der Waals surface area contributed by atoms with E-state index in [2.05, 4.69) is 10.6 Å². The smallest absolute Gasteiger partial charge is 0.252 e. The summed E-state index contributed by atoms with van der Waals surface area (Å²) in [5.41, 5.74) is 2.19. The lowest BCUT2D eigenvalue weighted by molar-refractivity contribution is 0.0933. The fraction of sp³-hybridized carbons (Fsp3) is 0.290. The molecule has 1 aromatic heterocycles. The zero-order chi connectivity index (χ0) is 27.4. The summed E-state index contributed by atoms with van der Waals surface area (Å²) >= 11 is 5.96. The van der Waals surface area contributed by atoms with Gasteiger partial charge in [-0.2, -0.15) is 4.98 Å². The molecule has 0 unspecified atom stereocenters. The average molecular weight is 542 g/mol. The Labute approximate surface area is 233 Å². The van der Waals surface area contributed by atoms with Gasteiger partial charge in [-0.25, -0.2) is 4.98 Å². The second-order valence-electron chi connectivity index (χ2n) is 10.2. The molecule has 0 spiro atoms. The van der Waals surface area contributed by atoms with Crippen LogP contribution in [0.2, 0.25) is 5.02 Å². The summed E-state index contributed by atoms with van der Waals surface area (Å²) in [5, 5.41) is 8.19. The lowest BCUT2D eigenvalue weighted by atomic mass is 9.86. The van der Waals surface area contributed by atoms with Crippen LogP contribution in [0, 0.1) is 5.92 Å². The highest BCUT2D eigenvalue weighted by atomic mass is 35.5. The van der Waals surface area contributed by atoms with E-state index in [9.17, 15) is 9.59 Å². The van der Waals surface area contributed by atoms with Crippen molar-refractivity contribution in [2.75, 3.05) is 30.9 Å². The van der Waals surface area contributed by atoms with E-state index in [0.717, 1.165) is 42.4 Å². The second-order valence-corrected chi connectivity index (χ2v) is 10.7. The van der Waals surface area contributed by atoms with E-state index in [1.54, 1.807) is 48.5 Å². The van der Waals surface area contributed by atoms with Crippen LogP contribution in [0.4, 0.5) is 11.8 Å². The Kier molecular flexibility index (Phi) is 8.07. The maximum absolute atomic E-state index is 13.1. The predicted molar refractivity (Wildman–Crippen MR) is 157 cm³/mol. The zero-order valence-corrected chi connectivity index (χ0v) is 22.9. The number of aromatic nitrogens is 2. The molecule has 1 aliphatic rings. The number of nitrogens with zero attached hydrogens (tertiary/aromatic N) is 3. The molecule has 2 N–H and O–H groups in total. The predicted octanol–water partition coefficient (Wildman–Crippen LogP) is 5.98. The fourth-order valence-electron chi connectivity index (χ4n) is 5.13.